The predicted octanol–water partition coefficient (Wildman–Crippen LogP) is 3.03. The van der Waals surface area contributed by atoms with Gasteiger partial charge in [-0.2, -0.15) is 5.10 Å². The van der Waals surface area contributed by atoms with E-state index in [1.54, 1.807) is 18.3 Å². The Morgan fingerprint density at radius 3 is 2.21 bits per heavy atom. The molecule has 1 aliphatic heterocycles. The van der Waals surface area contributed by atoms with Gasteiger partial charge in [0.05, 0.1) is 29.6 Å². The molecule has 0 N–H and O–H groups in total. The van der Waals surface area contributed by atoms with E-state index in [9.17, 15) is 14.4 Å². The zero-order valence-electron chi connectivity index (χ0n) is 15.6. The molecule has 2 heterocycles. The molecule has 8 nitrogen and oxygen atoms in total. The number of nitrogens with zero attached hydrogens (tertiary/aromatic N) is 3. The van der Waals surface area contributed by atoms with E-state index in [0.29, 0.717) is 17.4 Å². The number of carbonyl (C=O) groups excluding carboxylic acids is 3. The van der Waals surface area contributed by atoms with Crippen molar-refractivity contribution in [1.82, 2.24) is 14.8 Å². The van der Waals surface area contributed by atoms with Gasteiger partial charge in [-0.1, -0.05) is 42.3 Å². The molecule has 0 saturated carbocycles. The Kier molecular flexibility index (Phi) is 4.82. The topological polar surface area (TPSA) is 90.7 Å². The van der Waals surface area contributed by atoms with E-state index in [-0.39, 0.29) is 22.6 Å². The number of hydrogen-bond acceptors (Lipinski definition) is 6. The predicted molar refractivity (Wildman–Crippen MR) is 102 cm³/mol. The Balaban J connectivity index is 1.62. The minimum atomic E-state index is -0.958. The standard InChI is InChI=1S/C21H17N3O5/c1-2-12-28-17-13-23(14-8-4-3-5-9-14)22-18(17)21(27)29-24-19(25)15-10-6-7-11-16(15)20(24)26/h3-11,13H,2,12H2,1H3. The van der Waals surface area contributed by atoms with Gasteiger partial charge in [0, 0.05) is 0 Å². The van der Waals surface area contributed by atoms with E-state index in [4.69, 9.17) is 9.57 Å². The van der Waals surface area contributed by atoms with Crippen LogP contribution in [0.2, 0.25) is 0 Å². The number of ether oxygens (including phenoxy) is 1. The van der Waals surface area contributed by atoms with Crippen LogP contribution in [0.25, 0.3) is 5.69 Å². The summed E-state index contributed by atoms with van der Waals surface area (Å²) in [6, 6.07) is 15.4. The van der Waals surface area contributed by atoms with Gasteiger partial charge in [-0.25, -0.2) is 9.48 Å². The summed E-state index contributed by atoms with van der Waals surface area (Å²) in [5, 5.41) is 4.70. The van der Waals surface area contributed by atoms with Gasteiger partial charge in [0.15, 0.2) is 5.75 Å². The quantitative estimate of drug-likeness (QED) is 0.600. The second-order valence-electron chi connectivity index (χ2n) is 6.30. The Morgan fingerprint density at radius 2 is 1.59 bits per heavy atom. The molecule has 1 aliphatic rings. The number of aromatic nitrogens is 2. The van der Waals surface area contributed by atoms with Gasteiger partial charge in [-0.05, 0) is 30.7 Å². The normalized spacial score (nSPS) is 12.8. The molecule has 2 amide bonds. The molecule has 2 aromatic carbocycles. The number of fused-ring (bicyclic) bond motifs is 1. The van der Waals surface area contributed by atoms with Crippen molar-refractivity contribution in [3.05, 3.63) is 77.6 Å². The second-order valence-corrected chi connectivity index (χ2v) is 6.30. The Bertz CT molecular complexity index is 1060. The molecule has 0 aliphatic carbocycles. The molecule has 146 valence electrons. The van der Waals surface area contributed by atoms with Crippen LogP contribution >= 0.6 is 0 Å². The lowest BCUT2D eigenvalue weighted by Crippen LogP contribution is -2.33. The summed E-state index contributed by atoms with van der Waals surface area (Å²) in [4.78, 5) is 42.7. The van der Waals surface area contributed by atoms with Crippen LogP contribution in [0.15, 0.2) is 60.8 Å². The number of benzene rings is 2. The zero-order chi connectivity index (χ0) is 20.4. The highest BCUT2D eigenvalue weighted by Crippen LogP contribution is 2.26. The number of hydroxylamine groups is 2. The fourth-order valence-corrected chi connectivity index (χ4v) is 2.91. The fourth-order valence-electron chi connectivity index (χ4n) is 2.91. The summed E-state index contributed by atoms with van der Waals surface area (Å²) in [6.07, 6.45) is 2.29. The lowest BCUT2D eigenvalue weighted by Gasteiger charge is -2.12. The van der Waals surface area contributed by atoms with Gasteiger partial charge >= 0.3 is 5.97 Å². The maximum absolute atomic E-state index is 12.7. The van der Waals surface area contributed by atoms with E-state index >= 15 is 0 Å². The SMILES string of the molecule is CCCOc1cn(-c2ccccc2)nc1C(=O)ON1C(=O)c2ccccc2C1=O. The monoisotopic (exact) mass is 391 g/mol. The highest BCUT2D eigenvalue weighted by molar-refractivity contribution is 6.21. The zero-order valence-corrected chi connectivity index (χ0v) is 15.6. The van der Waals surface area contributed by atoms with Crippen molar-refractivity contribution in [3.8, 4) is 11.4 Å². The van der Waals surface area contributed by atoms with Crippen LogP contribution in [-0.4, -0.2) is 39.2 Å². The van der Waals surface area contributed by atoms with Crippen LogP contribution in [-0.2, 0) is 4.84 Å². The molecule has 0 fully saturated rings. The third kappa shape index (κ3) is 3.36. The first-order valence-electron chi connectivity index (χ1n) is 9.08. The summed E-state index contributed by atoms with van der Waals surface area (Å²) >= 11 is 0. The van der Waals surface area contributed by atoms with Crippen molar-refractivity contribution in [3.63, 3.8) is 0 Å². The first-order valence-corrected chi connectivity index (χ1v) is 9.08. The molecular formula is C21H17N3O5. The van der Waals surface area contributed by atoms with Gasteiger partial charge in [0.25, 0.3) is 11.8 Å². The highest BCUT2D eigenvalue weighted by Gasteiger charge is 2.39. The Labute approximate surface area is 166 Å². The van der Waals surface area contributed by atoms with Crippen molar-refractivity contribution < 1.29 is 24.0 Å². The van der Waals surface area contributed by atoms with E-state index in [1.165, 1.54) is 16.8 Å². The number of hydrogen-bond donors (Lipinski definition) is 0. The molecule has 0 spiro atoms. The minimum Gasteiger partial charge on any atom is -0.489 e. The van der Waals surface area contributed by atoms with E-state index in [1.807, 2.05) is 37.3 Å². The third-order valence-corrected chi connectivity index (χ3v) is 4.29. The number of carbonyl (C=O) groups is 3. The molecule has 1 aromatic heterocycles. The molecule has 0 bridgehead atoms. The molecular weight excluding hydrogens is 374 g/mol. The lowest BCUT2D eigenvalue weighted by molar-refractivity contribution is -0.0590. The van der Waals surface area contributed by atoms with Gasteiger partial charge in [0.1, 0.15) is 0 Å². The van der Waals surface area contributed by atoms with Crippen LogP contribution in [0.3, 0.4) is 0 Å². The summed E-state index contributed by atoms with van der Waals surface area (Å²) in [7, 11) is 0. The number of rotatable bonds is 6. The average molecular weight is 391 g/mol. The third-order valence-electron chi connectivity index (χ3n) is 4.29. The lowest BCUT2D eigenvalue weighted by atomic mass is 10.1. The Hall–Kier alpha value is -3.94. The average Bonchev–Trinajstić information content (AvgIpc) is 3.29. The molecule has 0 saturated heterocycles. The maximum Gasteiger partial charge on any atom is 0.387 e. The van der Waals surface area contributed by atoms with E-state index < -0.39 is 17.8 Å². The molecule has 0 atom stereocenters. The van der Waals surface area contributed by atoms with Crippen LogP contribution in [0.1, 0.15) is 44.5 Å². The van der Waals surface area contributed by atoms with Crippen LogP contribution < -0.4 is 4.74 Å². The highest BCUT2D eigenvalue weighted by atomic mass is 16.7. The molecule has 29 heavy (non-hydrogen) atoms. The molecule has 4 rings (SSSR count). The van der Waals surface area contributed by atoms with E-state index in [2.05, 4.69) is 5.10 Å². The van der Waals surface area contributed by atoms with Crippen LogP contribution in [0.5, 0.6) is 5.75 Å². The molecule has 3 aromatic rings. The van der Waals surface area contributed by atoms with E-state index in [0.717, 1.165) is 6.42 Å². The smallest absolute Gasteiger partial charge is 0.387 e. The number of amides is 2. The molecule has 0 radical (unpaired) electrons. The van der Waals surface area contributed by atoms with Gasteiger partial charge < -0.3 is 9.57 Å². The first kappa shape index (κ1) is 18.4. The van der Waals surface area contributed by atoms with Crippen LogP contribution in [0, 0.1) is 0 Å². The fraction of sp³-hybridized carbons (Fsp3) is 0.143. The van der Waals surface area contributed by atoms with Crippen molar-refractivity contribution >= 4 is 17.8 Å². The van der Waals surface area contributed by atoms with Gasteiger partial charge in [-0.15, -0.1) is 0 Å². The summed E-state index contributed by atoms with van der Waals surface area (Å²) in [5.74, 6) is -2.15. The second kappa shape index (κ2) is 7.59. The van der Waals surface area contributed by atoms with Gasteiger partial charge in [0.2, 0.25) is 5.69 Å². The number of para-hydroxylation sites is 1. The van der Waals surface area contributed by atoms with Gasteiger partial charge in [-0.3, -0.25) is 9.59 Å². The van der Waals surface area contributed by atoms with Crippen molar-refractivity contribution in [2.75, 3.05) is 6.61 Å². The minimum absolute atomic E-state index is 0.126. The summed E-state index contributed by atoms with van der Waals surface area (Å²) < 4.78 is 7.09. The Morgan fingerprint density at radius 1 is 0.966 bits per heavy atom. The van der Waals surface area contributed by atoms with Crippen molar-refractivity contribution in [2.24, 2.45) is 0 Å². The van der Waals surface area contributed by atoms with Crippen molar-refractivity contribution in [1.29, 1.82) is 0 Å². The summed E-state index contributed by atoms with van der Waals surface area (Å²) in [6.45, 7) is 2.30. The van der Waals surface area contributed by atoms with Crippen LogP contribution in [0.4, 0.5) is 0 Å². The molecule has 8 heteroatoms. The van der Waals surface area contributed by atoms with Crippen molar-refractivity contribution in [2.45, 2.75) is 13.3 Å². The summed E-state index contributed by atoms with van der Waals surface area (Å²) in [5.41, 5.74) is 0.956. The molecule has 0 unspecified atom stereocenters. The largest absolute Gasteiger partial charge is 0.489 e. The first-order chi connectivity index (χ1) is 14.1. The maximum atomic E-state index is 12.7. The number of imide groups is 1.